The first-order valence-corrected chi connectivity index (χ1v) is 9.55. The lowest BCUT2D eigenvalue weighted by atomic mass is 10.1. The van der Waals surface area contributed by atoms with E-state index in [0.717, 1.165) is 11.3 Å². The second kappa shape index (κ2) is 8.61. The van der Waals surface area contributed by atoms with Gasteiger partial charge in [-0.2, -0.15) is 0 Å². The minimum atomic E-state index is -0.599. The molecule has 1 aliphatic heterocycles. The second-order valence-corrected chi connectivity index (χ2v) is 7.06. The molecule has 0 unspecified atom stereocenters. The average molecular weight is 405 g/mol. The fourth-order valence-corrected chi connectivity index (χ4v) is 3.40. The van der Waals surface area contributed by atoms with Crippen molar-refractivity contribution in [3.05, 3.63) is 63.9 Å². The Balaban J connectivity index is 1.65. The zero-order chi connectivity index (χ0) is 20.3. The summed E-state index contributed by atoms with van der Waals surface area (Å²) < 4.78 is 19.5. The Labute approximate surface area is 168 Å². The van der Waals surface area contributed by atoms with E-state index in [0.29, 0.717) is 43.4 Å². The molecule has 148 valence electrons. The molecule has 0 spiro atoms. The highest BCUT2D eigenvalue weighted by Crippen LogP contribution is 2.21. The maximum absolute atomic E-state index is 13.9. The first-order chi connectivity index (χ1) is 13.4. The Hall–Kier alpha value is -2.60. The lowest BCUT2D eigenvalue weighted by Crippen LogP contribution is -2.50. The van der Waals surface area contributed by atoms with E-state index in [1.165, 1.54) is 18.2 Å². The van der Waals surface area contributed by atoms with Gasteiger partial charge < -0.3 is 14.5 Å². The zero-order valence-corrected chi connectivity index (χ0v) is 16.6. The van der Waals surface area contributed by atoms with E-state index < -0.39 is 11.7 Å². The van der Waals surface area contributed by atoms with Crippen LogP contribution in [0.1, 0.15) is 33.2 Å². The van der Waals surface area contributed by atoms with Gasteiger partial charge >= 0.3 is 0 Å². The number of rotatable bonds is 4. The van der Waals surface area contributed by atoms with Gasteiger partial charge in [-0.3, -0.25) is 9.59 Å². The predicted molar refractivity (Wildman–Crippen MR) is 106 cm³/mol. The molecule has 0 radical (unpaired) electrons. The summed E-state index contributed by atoms with van der Waals surface area (Å²) in [6.45, 7) is 5.83. The number of hydrogen-bond acceptors (Lipinski definition) is 3. The van der Waals surface area contributed by atoms with Crippen LogP contribution in [0.3, 0.4) is 0 Å². The highest BCUT2D eigenvalue weighted by Gasteiger charge is 2.27. The molecule has 2 amide bonds. The van der Waals surface area contributed by atoms with Crippen molar-refractivity contribution in [2.45, 2.75) is 13.8 Å². The molecule has 1 aliphatic rings. The minimum absolute atomic E-state index is 0.0468. The van der Waals surface area contributed by atoms with Gasteiger partial charge in [0.2, 0.25) is 0 Å². The summed E-state index contributed by atoms with van der Waals surface area (Å²) in [4.78, 5) is 28.6. The van der Waals surface area contributed by atoms with Crippen molar-refractivity contribution in [2.75, 3.05) is 32.8 Å². The molecule has 0 N–H and O–H groups in total. The van der Waals surface area contributed by atoms with E-state index in [-0.39, 0.29) is 11.5 Å². The van der Waals surface area contributed by atoms with Crippen molar-refractivity contribution in [3.8, 4) is 5.75 Å². The van der Waals surface area contributed by atoms with Crippen LogP contribution >= 0.6 is 11.6 Å². The van der Waals surface area contributed by atoms with Crippen LogP contribution in [0.15, 0.2) is 36.4 Å². The van der Waals surface area contributed by atoms with Gasteiger partial charge in [0.15, 0.2) is 0 Å². The second-order valence-electron chi connectivity index (χ2n) is 6.62. The fourth-order valence-electron chi connectivity index (χ4n) is 3.23. The summed E-state index contributed by atoms with van der Waals surface area (Å²) in [5.41, 5.74) is 1.44. The SMILES string of the molecule is CCOc1ccc(C(=O)N2CCN(C(=O)c3cc(Cl)ccc3F)CC2)cc1C. The molecule has 3 rings (SSSR count). The van der Waals surface area contributed by atoms with E-state index in [9.17, 15) is 14.0 Å². The van der Waals surface area contributed by atoms with Crippen LogP contribution in [0, 0.1) is 12.7 Å². The average Bonchev–Trinajstić information content (AvgIpc) is 2.70. The van der Waals surface area contributed by atoms with E-state index in [4.69, 9.17) is 16.3 Å². The van der Waals surface area contributed by atoms with E-state index >= 15 is 0 Å². The zero-order valence-electron chi connectivity index (χ0n) is 15.9. The van der Waals surface area contributed by atoms with E-state index in [1.807, 2.05) is 19.9 Å². The molecule has 0 aromatic heterocycles. The summed E-state index contributed by atoms with van der Waals surface area (Å²) in [5, 5.41) is 0.310. The molecule has 1 heterocycles. The summed E-state index contributed by atoms with van der Waals surface area (Å²) in [7, 11) is 0. The molecule has 0 bridgehead atoms. The summed E-state index contributed by atoms with van der Waals surface area (Å²) >= 11 is 5.88. The molecule has 7 heteroatoms. The molecule has 2 aromatic rings. The standard InChI is InChI=1S/C21H22ClFN2O3/c1-3-28-19-7-4-15(12-14(19)2)20(26)24-8-10-25(11-9-24)21(27)17-13-16(22)5-6-18(17)23/h4-7,12-13H,3,8-11H2,1-2H3. The van der Waals surface area contributed by atoms with Crippen LogP contribution in [0.25, 0.3) is 0 Å². The molecule has 0 aliphatic carbocycles. The monoisotopic (exact) mass is 404 g/mol. The number of ether oxygens (including phenoxy) is 1. The Bertz CT molecular complexity index is 895. The molecule has 1 fully saturated rings. The summed E-state index contributed by atoms with van der Waals surface area (Å²) in [6.07, 6.45) is 0. The molecule has 1 saturated heterocycles. The third kappa shape index (κ3) is 4.28. The third-order valence-electron chi connectivity index (χ3n) is 4.73. The molecule has 0 atom stereocenters. The van der Waals surface area contributed by atoms with Crippen LogP contribution in [0.4, 0.5) is 4.39 Å². The van der Waals surface area contributed by atoms with Gasteiger partial charge in [0.1, 0.15) is 11.6 Å². The van der Waals surface area contributed by atoms with Gasteiger partial charge in [-0.15, -0.1) is 0 Å². The normalized spacial score (nSPS) is 14.1. The van der Waals surface area contributed by atoms with Crippen LogP contribution in [0.2, 0.25) is 5.02 Å². The maximum Gasteiger partial charge on any atom is 0.257 e. The van der Waals surface area contributed by atoms with Gasteiger partial charge in [-0.1, -0.05) is 11.6 Å². The van der Waals surface area contributed by atoms with Gasteiger partial charge in [0.25, 0.3) is 11.8 Å². The van der Waals surface area contributed by atoms with Crippen LogP contribution in [-0.4, -0.2) is 54.4 Å². The number of benzene rings is 2. The molecule has 2 aromatic carbocycles. The largest absolute Gasteiger partial charge is 0.494 e. The van der Waals surface area contributed by atoms with Crippen molar-refractivity contribution in [1.29, 1.82) is 0 Å². The minimum Gasteiger partial charge on any atom is -0.494 e. The quantitative estimate of drug-likeness (QED) is 0.779. The van der Waals surface area contributed by atoms with Gasteiger partial charge in [-0.05, 0) is 55.8 Å². The van der Waals surface area contributed by atoms with Gasteiger partial charge in [0, 0.05) is 36.8 Å². The number of carbonyl (C=O) groups excluding carboxylic acids is 2. The number of amides is 2. The van der Waals surface area contributed by atoms with Gasteiger partial charge in [0.05, 0.1) is 12.2 Å². The Morgan fingerprint density at radius 2 is 1.68 bits per heavy atom. The smallest absolute Gasteiger partial charge is 0.257 e. The maximum atomic E-state index is 13.9. The van der Waals surface area contributed by atoms with Crippen molar-refractivity contribution >= 4 is 23.4 Å². The van der Waals surface area contributed by atoms with Gasteiger partial charge in [-0.25, -0.2) is 4.39 Å². The lowest BCUT2D eigenvalue weighted by Gasteiger charge is -2.35. The summed E-state index contributed by atoms with van der Waals surface area (Å²) in [6, 6.07) is 9.28. The van der Waals surface area contributed by atoms with E-state index in [2.05, 4.69) is 0 Å². The van der Waals surface area contributed by atoms with E-state index in [1.54, 1.807) is 21.9 Å². The third-order valence-corrected chi connectivity index (χ3v) is 4.97. The molecule has 5 nitrogen and oxygen atoms in total. The summed E-state index contributed by atoms with van der Waals surface area (Å²) in [5.74, 6) is -0.341. The highest BCUT2D eigenvalue weighted by atomic mass is 35.5. The van der Waals surface area contributed by atoms with Crippen LogP contribution in [-0.2, 0) is 0 Å². The molecule has 28 heavy (non-hydrogen) atoms. The van der Waals surface area contributed by atoms with Crippen molar-refractivity contribution in [2.24, 2.45) is 0 Å². The first-order valence-electron chi connectivity index (χ1n) is 9.17. The van der Waals surface area contributed by atoms with Crippen molar-refractivity contribution < 1.29 is 18.7 Å². The number of carbonyl (C=O) groups is 2. The fraction of sp³-hybridized carbons (Fsp3) is 0.333. The highest BCUT2D eigenvalue weighted by molar-refractivity contribution is 6.31. The topological polar surface area (TPSA) is 49.9 Å². The number of piperazine rings is 1. The Kier molecular flexibility index (Phi) is 6.19. The molecule has 0 saturated carbocycles. The number of aryl methyl sites for hydroxylation is 1. The Morgan fingerprint density at radius 1 is 1.04 bits per heavy atom. The van der Waals surface area contributed by atoms with Crippen molar-refractivity contribution in [3.63, 3.8) is 0 Å². The van der Waals surface area contributed by atoms with Crippen molar-refractivity contribution in [1.82, 2.24) is 9.80 Å². The molecular weight excluding hydrogens is 383 g/mol. The predicted octanol–water partition coefficient (Wildman–Crippen LogP) is 3.78. The first kappa shape index (κ1) is 20.1. The molecular formula is C21H22ClFN2O3. The van der Waals surface area contributed by atoms with Crippen LogP contribution < -0.4 is 4.74 Å². The van der Waals surface area contributed by atoms with Crippen LogP contribution in [0.5, 0.6) is 5.75 Å². The lowest BCUT2D eigenvalue weighted by molar-refractivity contribution is 0.0532. The Morgan fingerprint density at radius 3 is 2.29 bits per heavy atom. The number of halogens is 2. The number of hydrogen-bond donors (Lipinski definition) is 0. The number of nitrogens with zero attached hydrogens (tertiary/aromatic N) is 2.